The van der Waals surface area contributed by atoms with Gasteiger partial charge in [0, 0.05) is 5.56 Å². The van der Waals surface area contributed by atoms with Crippen LogP contribution in [0.2, 0.25) is 0 Å². The molecule has 0 N–H and O–H groups in total. The lowest BCUT2D eigenvalue weighted by Gasteiger charge is -2.13. The van der Waals surface area contributed by atoms with Crippen molar-refractivity contribution in [3.8, 4) is 11.5 Å². The van der Waals surface area contributed by atoms with E-state index in [9.17, 15) is 0 Å². The van der Waals surface area contributed by atoms with Crippen LogP contribution < -0.4 is 9.47 Å². The molecule has 20 heavy (non-hydrogen) atoms. The van der Waals surface area contributed by atoms with E-state index in [0.29, 0.717) is 5.92 Å². The molecular formula is C17H18O2S. The summed E-state index contributed by atoms with van der Waals surface area (Å²) in [7, 11) is 3.46. The summed E-state index contributed by atoms with van der Waals surface area (Å²) < 4.78 is 11.1. The van der Waals surface area contributed by atoms with E-state index in [-0.39, 0.29) is 0 Å². The van der Waals surface area contributed by atoms with Gasteiger partial charge in [0.25, 0.3) is 0 Å². The summed E-state index contributed by atoms with van der Waals surface area (Å²) in [6.07, 6.45) is 6.68. The predicted octanol–water partition coefficient (Wildman–Crippen LogP) is 4.81. The molecule has 3 rings (SSSR count). The van der Waals surface area contributed by atoms with Crippen LogP contribution in [-0.4, -0.2) is 14.2 Å². The molecule has 0 atom stereocenters. The van der Waals surface area contributed by atoms with Crippen molar-refractivity contribution in [3.63, 3.8) is 0 Å². The summed E-state index contributed by atoms with van der Waals surface area (Å²) in [6.45, 7) is 0. The minimum atomic E-state index is 0.606. The van der Waals surface area contributed by atoms with E-state index in [1.807, 2.05) is 0 Å². The van der Waals surface area contributed by atoms with E-state index in [2.05, 4.69) is 41.1 Å². The minimum Gasteiger partial charge on any atom is -0.496 e. The van der Waals surface area contributed by atoms with E-state index in [1.165, 1.54) is 24.0 Å². The number of methoxy groups -OCH3 is 2. The number of thiophene rings is 1. The first-order valence-corrected chi connectivity index (χ1v) is 7.72. The molecule has 0 spiro atoms. The Kier molecular flexibility index (Phi) is 3.79. The van der Waals surface area contributed by atoms with Crippen molar-refractivity contribution in [1.82, 2.24) is 0 Å². The van der Waals surface area contributed by atoms with Gasteiger partial charge in [-0.3, -0.25) is 0 Å². The molecule has 1 fully saturated rings. The molecule has 2 nitrogen and oxygen atoms in total. The molecule has 0 aliphatic heterocycles. The van der Waals surface area contributed by atoms with Gasteiger partial charge in [-0.2, -0.15) is 11.3 Å². The molecule has 0 radical (unpaired) electrons. The quantitative estimate of drug-likeness (QED) is 0.785. The molecule has 1 aromatic heterocycles. The van der Waals surface area contributed by atoms with Crippen molar-refractivity contribution >= 4 is 23.5 Å². The Hall–Kier alpha value is -1.74. The first kappa shape index (κ1) is 13.3. The fraction of sp³-hybridized carbons (Fsp3) is 0.294. The fourth-order valence-electron chi connectivity index (χ4n) is 2.39. The zero-order chi connectivity index (χ0) is 13.9. The van der Waals surface area contributed by atoms with Gasteiger partial charge in [-0.05, 0) is 58.8 Å². The number of ether oxygens (including phenoxy) is 2. The Morgan fingerprint density at radius 3 is 2.20 bits per heavy atom. The number of hydrogen-bond donors (Lipinski definition) is 0. The fourth-order valence-corrected chi connectivity index (χ4v) is 3.02. The molecule has 1 aliphatic rings. The minimum absolute atomic E-state index is 0.606. The van der Waals surface area contributed by atoms with Crippen LogP contribution in [0, 0.1) is 0 Å². The summed E-state index contributed by atoms with van der Waals surface area (Å²) in [6, 6.07) is 6.30. The summed E-state index contributed by atoms with van der Waals surface area (Å²) in [4.78, 5) is 0. The molecule has 104 valence electrons. The van der Waals surface area contributed by atoms with Gasteiger partial charge in [0.05, 0.1) is 14.2 Å². The molecule has 1 aliphatic carbocycles. The van der Waals surface area contributed by atoms with Crippen LogP contribution >= 0.6 is 11.3 Å². The van der Waals surface area contributed by atoms with Crippen LogP contribution in [0.15, 0.2) is 29.0 Å². The lowest BCUT2D eigenvalue weighted by Crippen LogP contribution is -1.96. The Labute approximate surface area is 123 Å². The lowest BCUT2D eigenvalue weighted by atomic mass is 10.0. The highest BCUT2D eigenvalue weighted by atomic mass is 32.1. The van der Waals surface area contributed by atoms with E-state index < -0.39 is 0 Å². The molecule has 0 unspecified atom stereocenters. The third-order valence-corrected chi connectivity index (χ3v) is 4.26. The van der Waals surface area contributed by atoms with Crippen molar-refractivity contribution in [2.24, 2.45) is 0 Å². The van der Waals surface area contributed by atoms with Crippen molar-refractivity contribution in [2.45, 2.75) is 18.8 Å². The first-order chi connectivity index (χ1) is 9.81. The number of benzene rings is 1. The molecular weight excluding hydrogens is 268 g/mol. The maximum absolute atomic E-state index is 5.56. The first-order valence-electron chi connectivity index (χ1n) is 6.78. The number of rotatable bonds is 5. The second-order valence-corrected chi connectivity index (χ2v) is 5.78. The van der Waals surface area contributed by atoms with Crippen LogP contribution in [0.3, 0.4) is 0 Å². The van der Waals surface area contributed by atoms with Gasteiger partial charge < -0.3 is 9.47 Å². The Morgan fingerprint density at radius 2 is 1.70 bits per heavy atom. The third-order valence-electron chi connectivity index (χ3n) is 3.56. The van der Waals surface area contributed by atoms with E-state index in [0.717, 1.165) is 17.1 Å². The van der Waals surface area contributed by atoms with Crippen LogP contribution in [0.25, 0.3) is 12.2 Å². The van der Waals surface area contributed by atoms with Crippen LogP contribution in [0.5, 0.6) is 11.5 Å². The van der Waals surface area contributed by atoms with Gasteiger partial charge in [0.1, 0.15) is 11.5 Å². The molecule has 1 aromatic carbocycles. The molecule has 0 amide bonds. The van der Waals surface area contributed by atoms with Gasteiger partial charge in [-0.1, -0.05) is 12.2 Å². The Morgan fingerprint density at radius 1 is 1.05 bits per heavy atom. The summed E-state index contributed by atoms with van der Waals surface area (Å²) in [5, 5.41) is 4.21. The van der Waals surface area contributed by atoms with Crippen LogP contribution in [0.4, 0.5) is 0 Å². The van der Waals surface area contributed by atoms with Crippen molar-refractivity contribution < 1.29 is 9.47 Å². The second-order valence-electron chi connectivity index (χ2n) is 5.00. The molecule has 1 heterocycles. The molecule has 0 saturated heterocycles. The largest absolute Gasteiger partial charge is 0.496 e. The van der Waals surface area contributed by atoms with Gasteiger partial charge in [0.15, 0.2) is 0 Å². The Balaban J connectivity index is 1.95. The van der Waals surface area contributed by atoms with Crippen molar-refractivity contribution in [2.75, 3.05) is 14.2 Å². The average molecular weight is 286 g/mol. The van der Waals surface area contributed by atoms with Crippen LogP contribution in [-0.2, 0) is 0 Å². The predicted molar refractivity (Wildman–Crippen MR) is 84.8 cm³/mol. The van der Waals surface area contributed by atoms with Crippen LogP contribution in [0.1, 0.15) is 35.4 Å². The van der Waals surface area contributed by atoms with Crippen molar-refractivity contribution in [3.05, 3.63) is 45.6 Å². The summed E-state index contributed by atoms with van der Waals surface area (Å²) in [5.41, 5.74) is 3.55. The highest BCUT2D eigenvalue weighted by Gasteiger charge is 2.30. The van der Waals surface area contributed by atoms with Gasteiger partial charge in [-0.15, -0.1) is 0 Å². The zero-order valence-corrected chi connectivity index (χ0v) is 12.6. The monoisotopic (exact) mass is 286 g/mol. The van der Waals surface area contributed by atoms with Gasteiger partial charge >= 0.3 is 0 Å². The van der Waals surface area contributed by atoms with E-state index in [4.69, 9.17) is 9.47 Å². The summed E-state index contributed by atoms with van der Waals surface area (Å²) >= 11 is 1.70. The van der Waals surface area contributed by atoms with E-state index >= 15 is 0 Å². The van der Waals surface area contributed by atoms with Gasteiger partial charge in [0.2, 0.25) is 0 Å². The maximum atomic E-state index is 5.56. The SMILES string of the molecule is COc1cc(C=Cc2ccsc2)cc(OC)c1C1CC1. The zero-order valence-electron chi connectivity index (χ0n) is 11.8. The van der Waals surface area contributed by atoms with Gasteiger partial charge in [-0.25, -0.2) is 0 Å². The average Bonchev–Trinajstić information content (AvgIpc) is 3.19. The Bertz CT molecular complexity index is 585. The number of hydrogen-bond acceptors (Lipinski definition) is 3. The highest BCUT2D eigenvalue weighted by molar-refractivity contribution is 7.08. The second kappa shape index (κ2) is 5.71. The molecule has 1 saturated carbocycles. The summed E-state index contributed by atoms with van der Waals surface area (Å²) in [5.74, 6) is 2.49. The smallest absolute Gasteiger partial charge is 0.126 e. The van der Waals surface area contributed by atoms with E-state index in [1.54, 1.807) is 25.6 Å². The molecule has 2 aromatic rings. The molecule has 3 heteroatoms. The highest BCUT2D eigenvalue weighted by Crippen LogP contribution is 2.49. The molecule has 0 bridgehead atoms. The lowest BCUT2D eigenvalue weighted by molar-refractivity contribution is 0.385. The maximum Gasteiger partial charge on any atom is 0.126 e. The van der Waals surface area contributed by atoms with Crippen molar-refractivity contribution in [1.29, 1.82) is 0 Å². The third kappa shape index (κ3) is 2.73. The standard InChI is InChI=1S/C17H18O2S/c1-18-15-9-13(4-3-12-7-8-20-11-12)10-16(19-2)17(15)14-5-6-14/h3-4,7-11,14H,5-6H2,1-2H3. The topological polar surface area (TPSA) is 18.5 Å². The normalized spacial score (nSPS) is 14.7.